The molecule has 0 radical (unpaired) electrons. The van der Waals surface area contributed by atoms with E-state index in [1.54, 1.807) is 32.4 Å². The quantitative estimate of drug-likeness (QED) is 0.902. The normalized spacial score (nSPS) is 9.53. The molecule has 0 atom stereocenters. The van der Waals surface area contributed by atoms with Crippen molar-refractivity contribution in [1.29, 1.82) is 5.26 Å². The lowest BCUT2D eigenvalue weighted by molar-refractivity contribution is 0.395. The van der Waals surface area contributed by atoms with Crippen LogP contribution in [0.15, 0.2) is 30.5 Å². The zero-order valence-corrected chi connectivity index (χ0v) is 10.5. The van der Waals surface area contributed by atoms with Gasteiger partial charge in [-0.05, 0) is 6.07 Å². The lowest BCUT2D eigenvalue weighted by Gasteiger charge is -2.09. The summed E-state index contributed by atoms with van der Waals surface area (Å²) < 4.78 is 10.3. The van der Waals surface area contributed by atoms with Gasteiger partial charge in [0.05, 0.1) is 14.2 Å². The first kappa shape index (κ1) is 12.6. The Hall–Kier alpha value is -2.81. The first-order valence-electron chi connectivity index (χ1n) is 5.48. The van der Waals surface area contributed by atoms with E-state index in [-0.39, 0.29) is 0 Å². The Bertz CT molecular complexity index is 600. The summed E-state index contributed by atoms with van der Waals surface area (Å²) in [6.45, 7) is 0. The number of benzene rings is 1. The van der Waals surface area contributed by atoms with Crippen LogP contribution in [0.3, 0.4) is 0 Å². The van der Waals surface area contributed by atoms with Gasteiger partial charge in [-0.15, -0.1) is 0 Å². The molecule has 0 aliphatic rings. The van der Waals surface area contributed by atoms with Crippen LogP contribution in [-0.2, 0) is 0 Å². The molecule has 0 fully saturated rings. The molecule has 1 aromatic heterocycles. The number of aromatic nitrogens is 2. The van der Waals surface area contributed by atoms with Crippen LogP contribution in [-0.4, -0.2) is 24.2 Å². The zero-order valence-electron chi connectivity index (χ0n) is 10.5. The highest BCUT2D eigenvalue weighted by atomic mass is 16.5. The van der Waals surface area contributed by atoms with Gasteiger partial charge < -0.3 is 14.8 Å². The third kappa shape index (κ3) is 3.10. The summed E-state index contributed by atoms with van der Waals surface area (Å²) in [5, 5.41) is 11.8. The average Bonchev–Trinajstić information content (AvgIpc) is 2.47. The number of ether oxygens (including phenoxy) is 2. The molecular weight excluding hydrogens is 244 g/mol. The van der Waals surface area contributed by atoms with Crippen LogP contribution < -0.4 is 14.8 Å². The maximum absolute atomic E-state index is 8.78. The van der Waals surface area contributed by atoms with Crippen molar-refractivity contribution in [3.8, 4) is 17.6 Å². The van der Waals surface area contributed by atoms with Crippen LogP contribution in [0.25, 0.3) is 0 Å². The number of hydrogen-bond acceptors (Lipinski definition) is 6. The summed E-state index contributed by atoms with van der Waals surface area (Å²) in [4.78, 5) is 8.07. The molecule has 0 spiro atoms. The van der Waals surface area contributed by atoms with Crippen LogP contribution in [0.4, 0.5) is 11.6 Å². The summed E-state index contributed by atoms with van der Waals surface area (Å²) in [6, 6.07) is 8.82. The predicted octanol–water partition coefficient (Wildman–Crippen LogP) is 2.11. The van der Waals surface area contributed by atoms with Gasteiger partial charge in [0, 0.05) is 30.1 Å². The number of nitrogens with zero attached hydrogens (tertiary/aromatic N) is 3. The molecule has 0 unspecified atom stereocenters. The number of nitriles is 1. The lowest BCUT2D eigenvalue weighted by Crippen LogP contribution is -1.99. The summed E-state index contributed by atoms with van der Waals surface area (Å²) in [7, 11) is 3.15. The highest BCUT2D eigenvalue weighted by molar-refractivity contribution is 5.59. The number of anilines is 2. The van der Waals surface area contributed by atoms with Crippen LogP contribution in [0, 0.1) is 11.3 Å². The van der Waals surface area contributed by atoms with Gasteiger partial charge in [-0.3, -0.25) is 0 Å². The maximum Gasteiger partial charge on any atom is 0.228 e. The van der Waals surface area contributed by atoms with Crippen molar-refractivity contribution in [2.45, 2.75) is 0 Å². The second kappa shape index (κ2) is 5.69. The fourth-order valence-corrected chi connectivity index (χ4v) is 1.49. The van der Waals surface area contributed by atoms with Gasteiger partial charge >= 0.3 is 0 Å². The summed E-state index contributed by atoms with van der Waals surface area (Å²) >= 11 is 0. The molecule has 6 nitrogen and oxygen atoms in total. The average molecular weight is 256 g/mol. The number of hydrogen-bond donors (Lipinski definition) is 1. The van der Waals surface area contributed by atoms with Crippen LogP contribution in [0.5, 0.6) is 11.5 Å². The van der Waals surface area contributed by atoms with E-state index in [1.807, 2.05) is 6.07 Å². The van der Waals surface area contributed by atoms with Crippen molar-refractivity contribution in [1.82, 2.24) is 9.97 Å². The minimum Gasteiger partial charge on any atom is -0.497 e. The minimum absolute atomic E-state index is 0.298. The number of rotatable bonds is 4. The van der Waals surface area contributed by atoms with E-state index in [9.17, 15) is 0 Å². The largest absolute Gasteiger partial charge is 0.497 e. The van der Waals surface area contributed by atoms with Crippen molar-refractivity contribution in [3.63, 3.8) is 0 Å². The Kier molecular flexibility index (Phi) is 3.78. The first-order chi connectivity index (χ1) is 9.25. The molecule has 0 amide bonds. The number of nitrogens with one attached hydrogen (secondary N) is 1. The molecule has 96 valence electrons. The molecular formula is C13H12N4O2. The monoisotopic (exact) mass is 256 g/mol. The second-order valence-electron chi connectivity index (χ2n) is 3.60. The fourth-order valence-electron chi connectivity index (χ4n) is 1.49. The summed E-state index contributed by atoms with van der Waals surface area (Å²) in [6.07, 6.45) is 1.52. The highest BCUT2D eigenvalue weighted by Gasteiger charge is 2.04. The smallest absolute Gasteiger partial charge is 0.228 e. The maximum atomic E-state index is 8.78. The van der Waals surface area contributed by atoms with E-state index in [1.165, 1.54) is 12.3 Å². The van der Waals surface area contributed by atoms with Gasteiger partial charge in [-0.2, -0.15) is 5.26 Å². The Labute approximate surface area is 110 Å². The molecule has 6 heteroatoms. The van der Waals surface area contributed by atoms with Gasteiger partial charge in [0.2, 0.25) is 5.95 Å². The van der Waals surface area contributed by atoms with Gasteiger partial charge in [-0.1, -0.05) is 0 Å². The summed E-state index contributed by atoms with van der Waals surface area (Å²) in [5.41, 5.74) is 1.01. The van der Waals surface area contributed by atoms with Crippen molar-refractivity contribution in [2.75, 3.05) is 19.5 Å². The van der Waals surface area contributed by atoms with Gasteiger partial charge in [0.15, 0.2) is 0 Å². The number of methoxy groups -OCH3 is 2. The van der Waals surface area contributed by atoms with Crippen molar-refractivity contribution in [2.24, 2.45) is 0 Å². The molecule has 0 aliphatic carbocycles. The molecule has 0 saturated heterocycles. The topological polar surface area (TPSA) is 80.1 Å². The molecule has 2 aromatic rings. The van der Waals surface area contributed by atoms with Crippen molar-refractivity contribution >= 4 is 11.6 Å². The molecule has 1 N–H and O–H groups in total. The van der Waals surface area contributed by atoms with Crippen LogP contribution in [0.1, 0.15) is 5.69 Å². The lowest BCUT2D eigenvalue weighted by atomic mass is 10.3. The third-order valence-electron chi connectivity index (χ3n) is 2.38. The molecule has 0 saturated carbocycles. The molecule has 1 heterocycles. The standard InChI is InChI=1S/C13H12N4O2/c1-18-11-5-10(6-12(7-11)19-2)17-13-15-4-3-9(8-14)16-13/h3-7H,1-2H3,(H,15,16,17). The molecule has 0 bridgehead atoms. The Morgan fingerprint density at radius 2 is 1.84 bits per heavy atom. The van der Waals surface area contributed by atoms with E-state index in [4.69, 9.17) is 14.7 Å². The molecule has 2 rings (SSSR count). The van der Waals surface area contributed by atoms with E-state index in [0.29, 0.717) is 28.8 Å². The van der Waals surface area contributed by atoms with Crippen molar-refractivity contribution in [3.05, 3.63) is 36.2 Å². The first-order valence-corrected chi connectivity index (χ1v) is 5.48. The highest BCUT2D eigenvalue weighted by Crippen LogP contribution is 2.27. The molecule has 19 heavy (non-hydrogen) atoms. The molecule has 1 aromatic carbocycles. The van der Waals surface area contributed by atoms with E-state index in [0.717, 1.165) is 0 Å². The Morgan fingerprint density at radius 1 is 1.16 bits per heavy atom. The molecule has 0 aliphatic heterocycles. The van der Waals surface area contributed by atoms with Gasteiger partial charge in [0.25, 0.3) is 0 Å². The third-order valence-corrected chi connectivity index (χ3v) is 2.38. The SMILES string of the molecule is COc1cc(Nc2nccc(C#N)n2)cc(OC)c1. The zero-order chi connectivity index (χ0) is 13.7. The van der Waals surface area contributed by atoms with Crippen molar-refractivity contribution < 1.29 is 9.47 Å². The van der Waals surface area contributed by atoms with E-state index < -0.39 is 0 Å². The Balaban J connectivity index is 2.29. The summed E-state index contributed by atoms with van der Waals surface area (Å²) in [5.74, 6) is 1.64. The predicted molar refractivity (Wildman–Crippen MR) is 69.6 cm³/mol. The Morgan fingerprint density at radius 3 is 2.42 bits per heavy atom. The minimum atomic E-state index is 0.298. The van der Waals surface area contributed by atoms with Crippen LogP contribution >= 0.6 is 0 Å². The fraction of sp³-hybridized carbons (Fsp3) is 0.154. The van der Waals surface area contributed by atoms with Gasteiger partial charge in [-0.25, -0.2) is 9.97 Å². The second-order valence-corrected chi connectivity index (χ2v) is 3.60. The van der Waals surface area contributed by atoms with Gasteiger partial charge in [0.1, 0.15) is 23.3 Å². The van der Waals surface area contributed by atoms with E-state index >= 15 is 0 Å². The van der Waals surface area contributed by atoms with E-state index in [2.05, 4.69) is 15.3 Å². The van der Waals surface area contributed by atoms with Crippen LogP contribution in [0.2, 0.25) is 0 Å².